The second kappa shape index (κ2) is 9.78. The molecule has 0 radical (unpaired) electrons. The van der Waals surface area contributed by atoms with Crippen LogP contribution >= 0.6 is 11.8 Å². The number of carbonyl (C=O) groups excluding carboxylic acids is 2. The molecule has 10 heteroatoms. The fourth-order valence-electron chi connectivity index (χ4n) is 3.25. The van der Waals surface area contributed by atoms with Crippen LogP contribution in [0.3, 0.4) is 0 Å². The first-order valence-electron chi connectivity index (χ1n) is 10.3. The number of hydrogen-bond acceptors (Lipinski definition) is 7. The number of esters is 1. The molecule has 3 aromatic heterocycles. The number of furan rings is 1. The minimum absolute atomic E-state index is 0.0408. The fraction of sp³-hybridized carbons (Fsp3) is 0.217. The zero-order valence-corrected chi connectivity index (χ0v) is 18.9. The Kier molecular flexibility index (Phi) is 6.64. The van der Waals surface area contributed by atoms with Gasteiger partial charge in [-0.2, -0.15) is 0 Å². The number of nitrogens with zero attached hydrogens (tertiary/aromatic N) is 2. The maximum absolute atomic E-state index is 13.1. The monoisotopic (exact) mass is 466 g/mol. The molecule has 0 bridgehead atoms. The number of carbonyl (C=O) groups is 2. The van der Waals surface area contributed by atoms with Crippen molar-refractivity contribution in [2.24, 2.45) is 0 Å². The highest BCUT2D eigenvalue weighted by molar-refractivity contribution is 7.99. The lowest BCUT2D eigenvalue weighted by Crippen LogP contribution is -2.24. The summed E-state index contributed by atoms with van der Waals surface area (Å²) in [5.41, 5.74) is 2.50. The molecule has 1 amide bonds. The second-order valence-corrected chi connectivity index (χ2v) is 8.15. The Morgan fingerprint density at radius 1 is 1.24 bits per heavy atom. The number of nitrogens with one attached hydrogen (secondary N) is 2. The van der Waals surface area contributed by atoms with Gasteiger partial charge in [0.25, 0.3) is 5.56 Å². The van der Waals surface area contributed by atoms with Gasteiger partial charge in [-0.1, -0.05) is 11.8 Å². The standard InChI is InChI=1S/C23H22N4O5S/c1-3-31-22(30)15-6-8-16(9-7-15)25-19(28)13-33-23-26-18-11-14(2)24-20(18)21(29)27(23)12-17-5-4-10-32-17/h4-11,24H,3,12-13H2,1-2H3,(H,25,28). The lowest BCUT2D eigenvalue weighted by Gasteiger charge is -2.11. The molecule has 0 aliphatic heterocycles. The van der Waals surface area contributed by atoms with Crippen LogP contribution in [0.4, 0.5) is 5.69 Å². The number of fused-ring (bicyclic) bond motifs is 1. The molecule has 0 unspecified atom stereocenters. The second-order valence-electron chi connectivity index (χ2n) is 7.21. The van der Waals surface area contributed by atoms with Gasteiger partial charge in [0.05, 0.1) is 36.2 Å². The van der Waals surface area contributed by atoms with Gasteiger partial charge in [0.2, 0.25) is 5.91 Å². The molecule has 33 heavy (non-hydrogen) atoms. The smallest absolute Gasteiger partial charge is 0.338 e. The van der Waals surface area contributed by atoms with Crippen LogP contribution in [-0.2, 0) is 16.1 Å². The molecule has 3 heterocycles. The highest BCUT2D eigenvalue weighted by Gasteiger charge is 2.16. The number of aryl methyl sites for hydroxylation is 1. The molecule has 1 aromatic carbocycles. The van der Waals surface area contributed by atoms with Gasteiger partial charge in [0.1, 0.15) is 11.3 Å². The molecular formula is C23H22N4O5S. The van der Waals surface area contributed by atoms with E-state index in [-0.39, 0.29) is 23.8 Å². The lowest BCUT2D eigenvalue weighted by atomic mass is 10.2. The quantitative estimate of drug-likeness (QED) is 0.231. The van der Waals surface area contributed by atoms with E-state index >= 15 is 0 Å². The van der Waals surface area contributed by atoms with Crippen LogP contribution in [-0.4, -0.2) is 38.8 Å². The first kappa shape index (κ1) is 22.4. The highest BCUT2D eigenvalue weighted by Crippen LogP contribution is 2.20. The first-order chi connectivity index (χ1) is 15.9. The third-order valence-electron chi connectivity index (χ3n) is 4.74. The van der Waals surface area contributed by atoms with Gasteiger partial charge in [-0.25, -0.2) is 9.78 Å². The fourth-order valence-corrected chi connectivity index (χ4v) is 4.05. The number of rotatable bonds is 8. The summed E-state index contributed by atoms with van der Waals surface area (Å²) in [4.78, 5) is 45.0. The number of aromatic amines is 1. The van der Waals surface area contributed by atoms with E-state index in [1.165, 1.54) is 4.57 Å². The highest BCUT2D eigenvalue weighted by atomic mass is 32.2. The largest absolute Gasteiger partial charge is 0.467 e. The Morgan fingerprint density at radius 3 is 2.73 bits per heavy atom. The Hall–Kier alpha value is -3.79. The maximum atomic E-state index is 13.1. The van der Waals surface area contributed by atoms with Gasteiger partial charge in [-0.05, 0) is 56.3 Å². The number of amides is 1. The minimum atomic E-state index is -0.415. The van der Waals surface area contributed by atoms with Gasteiger partial charge in [0.15, 0.2) is 5.16 Å². The minimum Gasteiger partial charge on any atom is -0.467 e. The summed E-state index contributed by atoms with van der Waals surface area (Å²) in [6.45, 7) is 4.08. The zero-order chi connectivity index (χ0) is 23.4. The van der Waals surface area contributed by atoms with Gasteiger partial charge in [-0.15, -0.1) is 0 Å². The predicted octanol–water partition coefficient (Wildman–Crippen LogP) is 3.58. The SMILES string of the molecule is CCOC(=O)c1ccc(NC(=O)CSc2nc3cc(C)[nH]c3c(=O)n2Cc2ccco2)cc1. The number of hydrogen-bond donors (Lipinski definition) is 2. The van der Waals surface area contributed by atoms with Crippen molar-refractivity contribution < 1.29 is 18.7 Å². The Bertz CT molecular complexity index is 1340. The van der Waals surface area contributed by atoms with Crippen LogP contribution in [0.25, 0.3) is 11.0 Å². The molecule has 0 saturated heterocycles. The van der Waals surface area contributed by atoms with Crippen molar-refractivity contribution in [3.63, 3.8) is 0 Å². The number of anilines is 1. The average Bonchev–Trinajstić information content (AvgIpc) is 3.44. The van der Waals surface area contributed by atoms with Crippen molar-refractivity contribution in [2.45, 2.75) is 25.5 Å². The Labute approximate surface area is 193 Å². The number of H-pyrrole nitrogens is 1. The van der Waals surface area contributed by atoms with E-state index < -0.39 is 5.97 Å². The molecule has 4 rings (SSSR count). The summed E-state index contributed by atoms with van der Waals surface area (Å²) in [7, 11) is 0. The third kappa shape index (κ3) is 5.17. The van der Waals surface area contributed by atoms with Crippen LogP contribution in [0.1, 0.15) is 28.7 Å². The van der Waals surface area contributed by atoms with Gasteiger partial charge >= 0.3 is 5.97 Å². The van der Waals surface area contributed by atoms with Crippen molar-refractivity contribution in [1.29, 1.82) is 0 Å². The molecule has 170 valence electrons. The van der Waals surface area contributed by atoms with E-state index in [0.29, 0.717) is 39.8 Å². The Morgan fingerprint density at radius 2 is 2.03 bits per heavy atom. The van der Waals surface area contributed by atoms with E-state index in [4.69, 9.17) is 9.15 Å². The number of benzene rings is 1. The van der Waals surface area contributed by atoms with Gasteiger partial charge in [0, 0.05) is 11.4 Å². The van der Waals surface area contributed by atoms with Crippen molar-refractivity contribution in [2.75, 3.05) is 17.7 Å². The lowest BCUT2D eigenvalue weighted by molar-refractivity contribution is -0.113. The summed E-state index contributed by atoms with van der Waals surface area (Å²) < 4.78 is 11.8. The maximum Gasteiger partial charge on any atom is 0.338 e. The van der Waals surface area contributed by atoms with E-state index in [2.05, 4.69) is 15.3 Å². The third-order valence-corrected chi connectivity index (χ3v) is 5.72. The van der Waals surface area contributed by atoms with Crippen LogP contribution < -0.4 is 10.9 Å². The normalized spacial score (nSPS) is 11.0. The molecule has 4 aromatic rings. The Balaban J connectivity index is 1.49. The summed E-state index contributed by atoms with van der Waals surface area (Å²) in [6.07, 6.45) is 1.54. The molecular weight excluding hydrogens is 444 g/mol. The summed E-state index contributed by atoms with van der Waals surface area (Å²) >= 11 is 1.16. The molecule has 0 aliphatic carbocycles. The first-order valence-corrected chi connectivity index (χ1v) is 11.3. The molecule has 0 saturated carbocycles. The van der Waals surface area contributed by atoms with Crippen molar-refractivity contribution >= 4 is 40.4 Å². The zero-order valence-electron chi connectivity index (χ0n) is 18.1. The predicted molar refractivity (Wildman–Crippen MR) is 125 cm³/mol. The van der Waals surface area contributed by atoms with E-state index in [9.17, 15) is 14.4 Å². The van der Waals surface area contributed by atoms with Crippen molar-refractivity contribution in [3.8, 4) is 0 Å². The summed E-state index contributed by atoms with van der Waals surface area (Å²) in [5, 5.41) is 3.19. The average molecular weight is 467 g/mol. The molecule has 0 fully saturated rings. The van der Waals surface area contributed by atoms with Crippen molar-refractivity contribution in [1.82, 2.24) is 14.5 Å². The van der Waals surface area contributed by atoms with Crippen molar-refractivity contribution in [3.05, 3.63) is 76.1 Å². The van der Waals surface area contributed by atoms with Crippen LogP contribution in [0.2, 0.25) is 0 Å². The van der Waals surface area contributed by atoms with E-state index in [0.717, 1.165) is 17.5 Å². The van der Waals surface area contributed by atoms with E-state index in [1.54, 1.807) is 55.7 Å². The number of thioether (sulfide) groups is 1. The molecule has 0 spiro atoms. The van der Waals surface area contributed by atoms with Gasteiger partial charge < -0.3 is 19.5 Å². The molecule has 0 aliphatic rings. The topological polar surface area (TPSA) is 119 Å². The molecule has 9 nitrogen and oxygen atoms in total. The summed E-state index contributed by atoms with van der Waals surface area (Å²) in [5.74, 6) is -0.0384. The van der Waals surface area contributed by atoms with Crippen LogP contribution in [0, 0.1) is 6.92 Å². The number of aromatic nitrogens is 3. The number of ether oxygens (including phenoxy) is 1. The van der Waals surface area contributed by atoms with E-state index in [1.807, 2.05) is 6.92 Å². The molecule has 2 N–H and O–H groups in total. The van der Waals surface area contributed by atoms with Crippen LogP contribution in [0.15, 0.2) is 63.1 Å². The van der Waals surface area contributed by atoms with Crippen LogP contribution in [0.5, 0.6) is 0 Å². The molecule has 0 atom stereocenters. The van der Waals surface area contributed by atoms with Gasteiger partial charge in [-0.3, -0.25) is 14.2 Å². The summed E-state index contributed by atoms with van der Waals surface area (Å²) in [6, 6.07) is 11.8.